The van der Waals surface area contributed by atoms with Crippen LogP contribution in [0, 0.1) is 21.6 Å². The number of hydrogen-bond donors (Lipinski definition) is 4. The number of nitriles is 1. The van der Waals surface area contributed by atoms with Crippen LogP contribution >= 0.6 is 0 Å². The molecule has 17 heteroatoms. The average Bonchev–Trinajstić information content (AvgIpc) is 2.89. The maximum Gasteiger partial charge on any atom is 0.336 e. The molecule has 246 valence electrons. The highest BCUT2D eigenvalue weighted by Crippen LogP contribution is 2.18. The molecule has 4 N–H and O–H groups in total. The van der Waals surface area contributed by atoms with Crippen molar-refractivity contribution < 1.29 is 44.5 Å². The van der Waals surface area contributed by atoms with Gasteiger partial charge in [0.25, 0.3) is 5.69 Å². The molecule has 1 rings (SSSR count). The van der Waals surface area contributed by atoms with E-state index in [1.54, 1.807) is 12.1 Å². The van der Waals surface area contributed by atoms with Crippen molar-refractivity contribution in [3.8, 4) is 11.9 Å². The summed E-state index contributed by atoms with van der Waals surface area (Å²) < 4.78 is 5.79. The summed E-state index contributed by atoms with van der Waals surface area (Å²) in [5.41, 5.74) is -2.71. The predicted molar refractivity (Wildman–Crippen MR) is 159 cm³/mol. The van der Waals surface area contributed by atoms with Gasteiger partial charge in [0.2, 0.25) is 12.2 Å². The number of benzene rings is 1. The van der Waals surface area contributed by atoms with Crippen molar-refractivity contribution in [2.24, 2.45) is 4.99 Å². The molecule has 0 aliphatic heterocycles. The van der Waals surface area contributed by atoms with E-state index in [1.807, 2.05) is 34.4 Å². The van der Waals surface area contributed by atoms with Gasteiger partial charge in [-0.3, -0.25) is 19.7 Å². The summed E-state index contributed by atoms with van der Waals surface area (Å²) in [5, 5.41) is 53.9. The van der Waals surface area contributed by atoms with Gasteiger partial charge < -0.3 is 44.8 Å². The summed E-state index contributed by atoms with van der Waals surface area (Å²) in [6, 6.07) is 6.12. The lowest BCUT2D eigenvalue weighted by Gasteiger charge is -2.37. The second kappa shape index (κ2) is 19.6. The molecule has 1 aromatic carbocycles. The number of non-ortho nitro benzene ring substituents is 1. The monoisotopic (exact) mass is 625 g/mol. The molecule has 0 unspecified atom stereocenters. The normalized spacial score (nSPS) is 11.4. The van der Waals surface area contributed by atoms with Gasteiger partial charge in [-0.1, -0.05) is 0 Å². The van der Waals surface area contributed by atoms with Crippen LogP contribution in [-0.2, 0) is 14.4 Å². The van der Waals surface area contributed by atoms with Crippen LogP contribution in [-0.4, -0.2) is 148 Å². The SMILES string of the molecule is CC(C)N(CCOc1ccc([N+](=O)[O-])cc1)C(=NC#N)N(CCN(C)C)CCN(C)C.O=C(O)CC(O)(CC(=O)O)C(=O)O. The Morgan fingerprint density at radius 3 is 1.77 bits per heavy atom. The zero-order chi connectivity index (χ0) is 34.0. The quantitative estimate of drug-likeness (QED) is 0.0613. The van der Waals surface area contributed by atoms with E-state index in [4.69, 9.17) is 25.2 Å². The Kier molecular flexibility index (Phi) is 17.6. The second-order valence-corrected chi connectivity index (χ2v) is 10.5. The van der Waals surface area contributed by atoms with E-state index < -0.39 is 41.3 Å². The Bertz CT molecular complexity index is 1120. The van der Waals surface area contributed by atoms with Gasteiger partial charge in [0.05, 0.1) is 24.3 Å². The molecule has 0 aliphatic rings. The predicted octanol–water partition coefficient (Wildman–Crippen LogP) is 0.698. The summed E-state index contributed by atoms with van der Waals surface area (Å²) in [7, 11) is 8.07. The fourth-order valence-electron chi connectivity index (χ4n) is 3.54. The number of rotatable bonds is 17. The van der Waals surface area contributed by atoms with Crippen LogP contribution in [0.4, 0.5) is 5.69 Å². The number of aliphatic hydroxyl groups is 1. The highest BCUT2D eigenvalue weighted by atomic mass is 16.6. The second-order valence-electron chi connectivity index (χ2n) is 10.5. The van der Waals surface area contributed by atoms with Crippen molar-refractivity contribution in [3.05, 3.63) is 34.4 Å². The zero-order valence-electron chi connectivity index (χ0n) is 25.9. The van der Waals surface area contributed by atoms with Gasteiger partial charge in [-0.05, 0) is 54.2 Å². The molecular formula is C27H43N7O10. The molecule has 0 bridgehead atoms. The third-order valence-corrected chi connectivity index (χ3v) is 5.88. The van der Waals surface area contributed by atoms with Gasteiger partial charge in [0, 0.05) is 44.4 Å². The fourth-order valence-corrected chi connectivity index (χ4v) is 3.54. The molecule has 0 spiro atoms. The van der Waals surface area contributed by atoms with E-state index in [2.05, 4.69) is 38.4 Å². The van der Waals surface area contributed by atoms with E-state index in [9.17, 15) is 29.8 Å². The Balaban J connectivity index is 0.00000119. The molecule has 0 saturated carbocycles. The first-order valence-corrected chi connectivity index (χ1v) is 13.5. The minimum atomic E-state index is -2.74. The van der Waals surface area contributed by atoms with E-state index in [-0.39, 0.29) is 11.7 Å². The minimum Gasteiger partial charge on any atom is -0.492 e. The Hall–Kier alpha value is -4.53. The van der Waals surface area contributed by atoms with Crippen molar-refractivity contribution in [3.63, 3.8) is 0 Å². The number of ether oxygens (including phenoxy) is 1. The van der Waals surface area contributed by atoms with E-state index in [0.717, 1.165) is 26.2 Å². The van der Waals surface area contributed by atoms with Crippen molar-refractivity contribution in [2.45, 2.75) is 38.3 Å². The van der Waals surface area contributed by atoms with Crippen LogP contribution in [0.2, 0.25) is 0 Å². The molecule has 44 heavy (non-hydrogen) atoms. The Morgan fingerprint density at radius 1 is 0.955 bits per heavy atom. The van der Waals surface area contributed by atoms with Gasteiger partial charge in [-0.15, -0.1) is 4.99 Å². The number of aliphatic carboxylic acids is 3. The number of guanidine groups is 1. The smallest absolute Gasteiger partial charge is 0.336 e. The van der Waals surface area contributed by atoms with Crippen molar-refractivity contribution in [2.75, 3.05) is 67.5 Å². The summed E-state index contributed by atoms with van der Waals surface area (Å²) in [5.74, 6) is -3.83. The van der Waals surface area contributed by atoms with Crippen molar-refractivity contribution in [1.29, 1.82) is 5.26 Å². The maximum absolute atomic E-state index is 10.8. The van der Waals surface area contributed by atoms with E-state index >= 15 is 0 Å². The van der Waals surface area contributed by atoms with Gasteiger partial charge in [0.15, 0.2) is 5.60 Å². The number of carboxylic acids is 3. The van der Waals surface area contributed by atoms with Gasteiger partial charge >= 0.3 is 17.9 Å². The number of aliphatic imine (C=N–C) groups is 1. The first-order chi connectivity index (χ1) is 20.4. The van der Waals surface area contributed by atoms with E-state index in [1.165, 1.54) is 12.1 Å². The highest BCUT2D eigenvalue weighted by Gasteiger charge is 2.40. The molecule has 0 amide bonds. The van der Waals surface area contributed by atoms with Crippen LogP contribution in [0.15, 0.2) is 29.3 Å². The zero-order valence-corrected chi connectivity index (χ0v) is 25.9. The molecule has 0 saturated heterocycles. The lowest BCUT2D eigenvalue weighted by Crippen LogP contribution is -2.52. The number of carboxylic acid groups (broad SMARTS) is 3. The first-order valence-electron chi connectivity index (χ1n) is 13.5. The third-order valence-electron chi connectivity index (χ3n) is 5.88. The number of nitro groups is 1. The molecule has 0 fully saturated rings. The minimum absolute atomic E-state index is 0.0250. The molecule has 0 radical (unpaired) electrons. The van der Waals surface area contributed by atoms with Crippen LogP contribution in [0.25, 0.3) is 0 Å². The molecule has 0 aromatic heterocycles. The van der Waals surface area contributed by atoms with Crippen molar-refractivity contribution in [1.82, 2.24) is 19.6 Å². The maximum atomic E-state index is 10.8. The number of likely N-dealkylation sites (N-methyl/N-ethyl adjacent to an activating group) is 2. The lowest BCUT2D eigenvalue weighted by molar-refractivity contribution is -0.384. The van der Waals surface area contributed by atoms with Gasteiger partial charge in [0.1, 0.15) is 12.4 Å². The van der Waals surface area contributed by atoms with Gasteiger partial charge in [-0.25, -0.2) is 4.79 Å². The Labute approximate surface area is 256 Å². The van der Waals surface area contributed by atoms with Gasteiger partial charge in [-0.2, -0.15) is 5.26 Å². The summed E-state index contributed by atoms with van der Waals surface area (Å²) in [6.45, 7) is 8.14. The summed E-state index contributed by atoms with van der Waals surface area (Å²) in [6.07, 6.45) is -0.332. The summed E-state index contributed by atoms with van der Waals surface area (Å²) >= 11 is 0. The van der Waals surface area contributed by atoms with Crippen LogP contribution in [0.1, 0.15) is 26.7 Å². The number of nitrogens with zero attached hydrogens (tertiary/aromatic N) is 7. The molecule has 17 nitrogen and oxygen atoms in total. The molecule has 0 heterocycles. The third kappa shape index (κ3) is 15.6. The Morgan fingerprint density at radius 2 is 1.43 bits per heavy atom. The number of hydrogen-bond acceptors (Lipinski definition) is 11. The molecule has 0 aliphatic carbocycles. The first kappa shape index (κ1) is 39.5. The molecule has 1 aromatic rings. The average molecular weight is 626 g/mol. The highest BCUT2D eigenvalue weighted by molar-refractivity contribution is 5.88. The molecular weight excluding hydrogens is 582 g/mol. The largest absolute Gasteiger partial charge is 0.492 e. The fraction of sp³-hybridized carbons (Fsp3) is 0.593. The van der Waals surface area contributed by atoms with Crippen LogP contribution in [0.3, 0.4) is 0 Å². The molecule has 0 atom stereocenters. The lowest BCUT2D eigenvalue weighted by atomic mass is 9.96. The number of carbonyl (C=O) groups is 3. The van der Waals surface area contributed by atoms with Crippen molar-refractivity contribution >= 4 is 29.6 Å². The van der Waals surface area contributed by atoms with E-state index in [0.29, 0.717) is 24.9 Å². The standard InChI is InChI=1S/C21H35N7O3.C6H8O7/c1-18(2)27(15-16-31-20-9-7-19(8-10-20)28(29)30)21(23-17-22)26(13-11-24(3)4)14-12-25(5)6;7-3(8)1-6(13,5(11)12)2-4(9)10/h7-10,18H,11-16H2,1-6H3;13H,1-2H2,(H,7,8)(H,9,10)(H,11,12). The topological polar surface area (TPSA) is 234 Å². The summed E-state index contributed by atoms with van der Waals surface area (Å²) in [4.78, 5) is 53.4. The van der Waals surface area contributed by atoms with Crippen LogP contribution in [0.5, 0.6) is 5.75 Å². The van der Waals surface area contributed by atoms with Crippen LogP contribution < -0.4 is 4.74 Å². The number of nitro benzene ring substituents is 1.